The summed E-state index contributed by atoms with van der Waals surface area (Å²) in [7, 11) is 0. The van der Waals surface area contributed by atoms with Gasteiger partial charge in [-0.05, 0) is 94.7 Å². The summed E-state index contributed by atoms with van der Waals surface area (Å²) in [5, 5.41) is 3.63. The van der Waals surface area contributed by atoms with Crippen molar-refractivity contribution >= 4 is 17.3 Å². The van der Waals surface area contributed by atoms with Crippen LogP contribution in [0.5, 0.6) is 0 Å². The lowest BCUT2D eigenvalue weighted by Gasteiger charge is -2.28. The van der Waals surface area contributed by atoms with E-state index in [9.17, 15) is 0 Å². The maximum absolute atomic E-state index is 3.94. The number of nitrogens with one attached hydrogen (secondary N) is 1. The first-order chi connectivity index (χ1) is 23.6. The lowest BCUT2D eigenvalue weighted by molar-refractivity contribution is 0.309. The number of hydrogen-bond acceptors (Lipinski definition) is 1. The van der Waals surface area contributed by atoms with E-state index in [1.807, 2.05) is 6.08 Å². The lowest BCUT2D eigenvalue weighted by atomic mass is 9.78. The first-order valence-corrected chi connectivity index (χ1v) is 18.1. The molecule has 1 unspecified atom stereocenters. The molecule has 0 aromatic heterocycles. The van der Waals surface area contributed by atoms with Crippen LogP contribution in [0.25, 0.3) is 11.6 Å². The van der Waals surface area contributed by atoms with Crippen molar-refractivity contribution in [3.63, 3.8) is 0 Å². The highest BCUT2D eigenvalue weighted by atomic mass is 14.9. The van der Waals surface area contributed by atoms with Crippen LogP contribution in [0.1, 0.15) is 75.5 Å². The van der Waals surface area contributed by atoms with E-state index in [-0.39, 0.29) is 0 Å². The van der Waals surface area contributed by atoms with Crippen molar-refractivity contribution in [3.05, 3.63) is 185 Å². The molecule has 0 saturated heterocycles. The predicted octanol–water partition coefficient (Wildman–Crippen LogP) is 12.9. The molecule has 48 heavy (non-hydrogen) atoms. The van der Waals surface area contributed by atoms with E-state index < -0.39 is 0 Å². The van der Waals surface area contributed by atoms with Crippen LogP contribution < -0.4 is 5.32 Å². The number of hydrogen-bond donors (Lipinski definition) is 1. The van der Waals surface area contributed by atoms with Gasteiger partial charge in [-0.15, -0.1) is 0 Å². The van der Waals surface area contributed by atoms with Crippen LogP contribution in [0.15, 0.2) is 169 Å². The standard InChI is InChI=1S/C47H53N/c1-4-6-15-41-34-37(3)45(35-40-16-11-17-40)20-12-21-46(36-41)43(22-13-33-48-47-31-26-38(14-5-2)27-32-47)28-23-39-24-29-44(30-25-39)42-18-9-7-8-10-19-42/h4,6-7,9-10,12,15,18-32,34,36-37,40,48H,1,5,8,11,13-14,16-17,33,35H2,2-3H3/b15-6-,21-12+,28-23-,41-34?,43-22+,45-20+,46-36+. The van der Waals surface area contributed by atoms with Gasteiger partial charge < -0.3 is 5.32 Å². The molecule has 0 bridgehead atoms. The van der Waals surface area contributed by atoms with Crippen LogP contribution in [0.4, 0.5) is 5.69 Å². The van der Waals surface area contributed by atoms with Gasteiger partial charge in [0.25, 0.3) is 0 Å². The molecule has 0 heterocycles. The van der Waals surface area contributed by atoms with Gasteiger partial charge in [0.1, 0.15) is 0 Å². The highest BCUT2D eigenvalue weighted by Crippen LogP contribution is 2.35. The number of anilines is 1. The fourth-order valence-corrected chi connectivity index (χ4v) is 6.39. The zero-order valence-electron chi connectivity index (χ0n) is 29.1. The second-order valence-electron chi connectivity index (χ2n) is 13.2. The Kier molecular flexibility index (Phi) is 13.5. The minimum Gasteiger partial charge on any atom is -0.385 e. The van der Waals surface area contributed by atoms with Gasteiger partial charge in [-0.25, -0.2) is 0 Å². The Morgan fingerprint density at radius 3 is 2.52 bits per heavy atom. The SMILES string of the molecule is C=C/C=C\C1=CC(C)/C(CC2CCC2)=C/C=C/C(C(/C=C\c2ccc(C3=CC=CCC=C3)cc2)=C/CCNc2ccc(CCC)cc2)=C\1. The molecule has 0 radical (unpaired) electrons. The third-order valence-corrected chi connectivity index (χ3v) is 9.45. The van der Waals surface area contributed by atoms with Gasteiger partial charge in [0.05, 0.1) is 0 Å². The van der Waals surface area contributed by atoms with E-state index >= 15 is 0 Å². The molecule has 3 aliphatic rings. The van der Waals surface area contributed by atoms with E-state index in [0.717, 1.165) is 31.7 Å². The van der Waals surface area contributed by atoms with Crippen molar-refractivity contribution in [2.75, 3.05) is 11.9 Å². The van der Waals surface area contributed by atoms with Gasteiger partial charge in [0, 0.05) is 12.2 Å². The van der Waals surface area contributed by atoms with Crippen molar-refractivity contribution in [3.8, 4) is 0 Å². The van der Waals surface area contributed by atoms with Crippen LogP contribution in [0.3, 0.4) is 0 Å². The maximum atomic E-state index is 3.94. The molecule has 0 spiro atoms. The Balaban J connectivity index is 1.42. The topological polar surface area (TPSA) is 12.0 Å². The van der Waals surface area contributed by atoms with Crippen molar-refractivity contribution < 1.29 is 0 Å². The maximum Gasteiger partial charge on any atom is 0.0340 e. The first kappa shape index (κ1) is 34.7. The molecule has 1 fully saturated rings. The second-order valence-corrected chi connectivity index (χ2v) is 13.2. The van der Waals surface area contributed by atoms with Crippen LogP contribution in [-0.4, -0.2) is 6.54 Å². The molecule has 0 aliphatic heterocycles. The van der Waals surface area contributed by atoms with Crippen LogP contribution >= 0.6 is 0 Å². The van der Waals surface area contributed by atoms with Crippen LogP contribution in [0, 0.1) is 11.8 Å². The Morgan fingerprint density at radius 1 is 0.938 bits per heavy atom. The molecule has 1 atom stereocenters. The summed E-state index contributed by atoms with van der Waals surface area (Å²) in [4.78, 5) is 0. The number of benzene rings is 2. The summed E-state index contributed by atoms with van der Waals surface area (Å²) in [5.74, 6) is 1.23. The fourth-order valence-electron chi connectivity index (χ4n) is 6.39. The summed E-state index contributed by atoms with van der Waals surface area (Å²) < 4.78 is 0. The molecule has 246 valence electrons. The van der Waals surface area contributed by atoms with Crippen LogP contribution in [0.2, 0.25) is 0 Å². The predicted molar refractivity (Wildman–Crippen MR) is 212 cm³/mol. The largest absolute Gasteiger partial charge is 0.385 e. The minimum atomic E-state index is 0.388. The Hall–Kier alpha value is -4.62. The van der Waals surface area contributed by atoms with Gasteiger partial charge in [-0.3, -0.25) is 0 Å². The lowest BCUT2D eigenvalue weighted by Crippen LogP contribution is -2.13. The van der Waals surface area contributed by atoms with Gasteiger partial charge in [0.2, 0.25) is 0 Å². The first-order valence-electron chi connectivity index (χ1n) is 18.1. The van der Waals surface area contributed by atoms with Crippen molar-refractivity contribution in [2.24, 2.45) is 11.8 Å². The van der Waals surface area contributed by atoms with Gasteiger partial charge >= 0.3 is 0 Å². The normalized spacial score (nSPS) is 21.5. The molecule has 1 heteroatoms. The molecule has 2 aromatic carbocycles. The molecule has 0 amide bonds. The average molecular weight is 632 g/mol. The Bertz CT molecular complexity index is 1670. The molecule has 1 nitrogen and oxygen atoms in total. The van der Waals surface area contributed by atoms with E-state index in [2.05, 4.69) is 165 Å². The van der Waals surface area contributed by atoms with Crippen molar-refractivity contribution in [1.82, 2.24) is 0 Å². The van der Waals surface area contributed by atoms with Crippen LogP contribution in [-0.2, 0) is 6.42 Å². The number of rotatable bonds is 14. The van der Waals surface area contributed by atoms with Gasteiger partial charge in [-0.2, -0.15) is 0 Å². The molecule has 5 rings (SSSR count). The average Bonchev–Trinajstić information content (AvgIpc) is 3.34. The van der Waals surface area contributed by atoms with Gasteiger partial charge in [-0.1, -0.05) is 179 Å². The van der Waals surface area contributed by atoms with Gasteiger partial charge in [0.15, 0.2) is 0 Å². The molecule has 2 aromatic rings. The minimum absolute atomic E-state index is 0.388. The second kappa shape index (κ2) is 18.6. The molecule has 1 N–H and O–H groups in total. The number of allylic oxidation sites excluding steroid dienone is 19. The van der Waals surface area contributed by atoms with E-state index in [4.69, 9.17) is 0 Å². The highest BCUT2D eigenvalue weighted by molar-refractivity contribution is 5.76. The zero-order chi connectivity index (χ0) is 33.4. The summed E-state index contributed by atoms with van der Waals surface area (Å²) in [6.45, 7) is 9.39. The summed E-state index contributed by atoms with van der Waals surface area (Å²) in [6, 6.07) is 17.8. The smallest absolute Gasteiger partial charge is 0.0340 e. The summed E-state index contributed by atoms with van der Waals surface area (Å²) >= 11 is 0. The Labute approximate surface area is 290 Å². The van der Waals surface area contributed by atoms with Crippen molar-refractivity contribution in [2.45, 2.75) is 65.2 Å². The summed E-state index contributed by atoms with van der Waals surface area (Å²) in [5.41, 5.74) is 11.4. The van der Waals surface area contributed by atoms with Crippen molar-refractivity contribution in [1.29, 1.82) is 0 Å². The van der Waals surface area contributed by atoms with E-state index in [1.165, 1.54) is 82.3 Å². The molecule has 3 aliphatic carbocycles. The van der Waals surface area contributed by atoms with E-state index in [1.54, 1.807) is 0 Å². The van der Waals surface area contributed by atoms with E-state index in [0.29, 0.717) is 5.92 Å². The quantitative estimate of drug-likeness (QED) is 0.162. The monoisotopic (exact) mass is 631 g/mol. The fraction of sp³-hybridized carbons (Fsp3) is 0.277. The zero-order valence-corrected chi connectivity index (χ0v) is 29.1. The molecular weight excluding hydrogens is 579 g/mol. The third kappa shape index (κ3) is 10.7. The highest BCUT2D eigenvalue weighted by Gasteiger charge is 2.20. The Morgan fingerprint density at radius 2 is 1.77 bits per heavy atom. The third-order valence-electron chi connectivity index (χ3n) is 9.45. The molecule has 1 saturated carbocycles. The molecular formula is C47H53N. The summed E-state index contributed by atoms with van der Waals surface area (Å²) in [6.07, 6.45) is 45.2. The number of aryl methyl sites for hydroxylation is 1.